The van der Waals surface area contributed by atoms with Crippen LogP contribution >= 0.6 is 22.9 Å². The summed E-state index contributed by atoms with van der Waals surface area (Å²) in [5.74, 6) is 1.33. The monoisotopic (exact) mass is 312 g/mol. The molecule has 0 saturated carbocycles. The average molecular weight is 313 g/mol. The van der Waals surface area contributed by atoms with E-state index in [4.69, 9.17) is 21.1 Å². The molecule has 1 heterocycles. The molecule has 2 aromatic rings. The van der Waals surface area contributed by atoms with E-state index >= 15 is 0 Å². The first-order chi connectivity index (χ1) is 9.56. The van der Waals surface area contributed by atoms with Gasteiger partial charge in [-0.05, 0) is 35.6 Å². The van der Waals surface area contributed by atoms with Crippen LogP contribution in [-0.4, -0.2) is 19.3 Å². The molecule has 0 bridgehead atoms. The van der Waals surface area contributed by atoms with Crippen molar-refractivity contribution in [1.29, 1.82) is 0 Å². The van der Waals surface area contributed by atoms with Crippen LogP contribution in [0.3, 0.4) is 0 Å². The Labute approximate surface area is 127 Å². The molecule has 0 aliphatic heterocycles. The topological polar surface area (TPSA) is 38.7 Å². The standard InChI is InChI=1S/C15H17ClO3S/c1-9-8-20-15(14(9)16)11(17)6-10-4-5-12(18-2)13(7-10)19-3/h4-5,7-8,11,17H,6H2,1-3H3. The number of ether oxygens (including phenoxy) is 2. The van der Waals surface area contributed by atoms with E-state index in [0.29, 0.717) is 22.9 Å². The number of hydrogen-bond donors (Lipinski definition) is 1. The van der Waals surface area contributed by atoms with Crippen molar-refractivity contribution in [1.82, 2.24) is 0 Å². The zero-order chi connectivity index (χ0) is 14.7. The van der Waals surface area contributed by atoms with Gasteiger partial charge in [0.1, 0.15) is 0 Å². The molecule has 0 fully saturated rings. The minimum Gasteiger partial charge on any atom is -0.493 e. The van der Waals surface area contributed by atoms with Crippen molar-refractivity contribution < 1.29 is 14.6 Å². The van der Waals surface area contributed by atoms with Gasteiger partial charge in [-0.2, -0.15) is 0 Å². The lowest BCUT2D eigenvalue weighted by molar-refractivity contribution is 0.182. The highest BCUT2D eigenvalue weighted by molar-refractivity contribution is 7.10. The minimum absolute atomic E-state index is 0.486. The summed E-state index contributed by atoms with van der Waals surface area (Å²) in [4.78, 5) is 0.805. The minimum atomic E-state index is -0.612. The first kappa shape index (κ1) is 15.2. The maximum atomic E-state index is 10.3. The highest BCUT2D eigenvalue weighted by Gasteiger charge is 2.17. The van der Waals surface area contributed by atoms with Crippen LogP contribution in [-0.2, 0) is 6.42 Å². The molecule has 2 rings (SSSR count). The van der Waals surface area contributed by atoms with E-state index in [1.54, 1.807) is 14.2 Å². The van der Waals surface area contributed by atoms with Crippen molar-refractivity contribution in [3.8, 4) is 11.5 Å². The van der Waals surface area contributed by atoms with E-state index in [2.05, 4.69) is 0 Å². The van der Waals surface area contributed by atoms with Crippen molar-refractivity contribution in [3.63, 3.8) is 0 Å². The Hall–Kier alpha value is -1.23. The molecule has 0 radical (unpaired) electrons. The van der Waals surface area contributed by atoms with Crippen LogP contribution in [0.5, 0.6) is 11.5 Å². The summed E-state index contributed by atoms with van der Waals surface area (Å²) in [5.41, 5.74) is 1.97. The maximum Gasteiger partial charge on any atom is 0.160 e. The van der Waals surface area contributed by atoms with Gasteiger partial charge in [-0.1, -0.05) is 17.7 Å². The molecule has 3 nitrogen and oxygen atoms in total. The van der Waals surface area contributed by atoms with Crippen molar-refractivity contribution in [2.75, 3.05) is 14.2 Å². The van der Waals surface area contributed by atoms with Crippen molar-refractivity contribution in [2.45, 2.75) is 19.4 Å². The summed E-state index contributed by atoms with van der Waals surface area (Å²) >= 11 is 7.67. The van der Waals surface area contributed by atoms with E-state index in [9.17, 15) is 5.11 Å². The SMILES string of the molecule is COc1ccc(CC(O)c2scc(C)c2Cl)cc1OC. The van der Waals surface area contributed by atoms with Gasteiger partial charge in [0, 0.05) is 6.42 Å². The highest BCUT2D eigenvalue weighted by Crippen LogP contribution is 2.35. The summed E-state index contributed by atoms with van der Waals surface area (Å²) in [6.07, 6.45) is -0.126. The lowest BCUT2D eigenvalue weighted by Crippen LogP contribution is -2.01. The number of aliphatic hydroxyl groups excluding tert-OH is 1. The van der Waals surface area contributed by atoms with Crippen LogP contribution in [0, 0.1) is 6.92 Å². The van der Waals surface area contributed by atoms with E-state index in [1.807, 2.05) is 30.5 Å². The van der Waals surface area contributed by atoms with Gasteiger partial charge in [0.2, 0.25) is 0 Å². The molecule has 1 unspecified atom stereocenters. The molecule has 1 aromatic heterocycles. The van der Waals surface area contributed by atoms with Crippen LogP contribution < -0.4 is 9.47 Å². The molecule has 108 valence electrons. The van der Waals surface area contributed by atoms with Crippen molar-refractivity contribution in [3.05, 3.63) is 44.6 Å². The molecule has 0 amide bonds. The third-order valence-corrected chi connectivity index (χ3v) is 4.92. The van der Waals surface area contributed by atoms with Gasteiger partial charge in [-0.25, -0.2) is 0 Å². The second-order valence-corrected chi connectivity index (χ2v) is 5.80. The Morgan fingerprint density at radius 1 is 1.25 bits per heavy atom. The number of halogens is 1. The Kier molecular flexibility index (Phi) is 4.91. The van der Waals surface area contributed by atoms with Crippen LogP contribution in [0.2, 0.25) is 5.02 Å². The largest absolute Gasteiger partial charge is 0.493 e. The highest BCUT2D eigenvalue weighted by atomic mass is 35.5. The molecule has 0 saturated heterocycles. The van der Waals surface area contributed by atoms with Crippen molar-refractivity contribution in [2.24, 2.45) is 0 Å². The predicted octanol–water partition coefficient (Wildman–Crippen LogP) is 4.00. The number of hydrogen-bond acceptors (Lipinski definition) is 4. The zero-order valence-corrected chi connectivity index (χ0v) is 13.2. The quantitative estimate of drug-likeness (QED) is 0.907. The number of rotatable bonds is 5. The normalized spacial score (nSPS) is 12.2. The summed E-state index contributed by atoms with van der Waals surface area (Å²) in [6.45, 7) is 1.94. The fourth-order valence-electron chi connectivity index (χ4n) is 2.00. The number of thiophene rings is 1. The fraction of sp³-hybridized carbons (Fsp3) is 0.333. The number of aryl methyl sites for hydroxylation is 1. The number of benzene rings is 1. The van der Waals surface area contributed by atoms with E-state index in [1.165, 1.54) is 11.3 Å². The van der Waals surface area contributed by atoms with Gasteiger partial charge in [0.05, 0.1) is 30.2 Å². The van der Waals surface area contributed by atoms with Crippen LogP contribution in [0.4, 0.5) is 0 Å². The Bertz CT molecular complexity index is 595. The lowest BCUT2D eigenvalue weighted by atomic mass is 10.1. The van der Waals surface area contributed by atoms with Crippen LogP contribution in [0.1, 0.15) is 22.1 Å². The molecule has 5 heteroatoms. The van der Waals surface area contributed by atoms with Gasteiger partial charge in [-0.15, -0.1) is 11.3 Å². The van der Waals surface area contributed by atoms with E-state index < -0.39 is 6.10 Å². The molecule has 0 aliphatic rings. The predicted molar refractivity (Wildman–Crippen MR) is 82.3 cm³/mol. The van der Waals surface area contributed by atoms with Gasteiger partial charge in [0.15, 0.2) is 11.5 Å². The summed E-state index contributed by atoms with van der Waals surface area (Å²) in [5, 5.41) is 12.9. The second-order valence-electron chi connectivity index (χ2n) is 4.51. The van der Waals surface area contributed by atoms with Crippen LogP contribution in [0.15, 0.2) is 23.6 Å². The first-order valence-corrected chi connectivity index (χ1v) is 7.45. The van der Waals surface area contributed by atoms with Gasteiger partial charge < -0.3 is 14.6 Å². The van der Waals surface area contributed by atoms with Gasteiger partial charge in [0.25, 0.3) is 0 Å². The van der Waals surface area contributed by atoms with E-state index in [-0.39, 0.29) is 0 Å². The Morgan fingerprint density at radius 3 is 2.50 bits per heavy atom. The molecular formula is C15H17ClO3S. The molecule has 20 heavy (non-hydrogen) atoms. The molecule has 0 spiro atoms. The summed E-state index contributed by atoms with van der Waals surface area (Å²) < 4.78 is 10.5. The molecule has 1 N–H and O–H groups in total. The molecule has 1 atom stereocenters. The third kappa shape index (κ3) is 3.08. The third-order valence-electron chi connectivity index (χ3n) is 3.10. The summed E-state index contributed by atoms with van der Waals surface area (Å²) in [7, 11) is 3.19. The Morgan fingerprint density at radius 2 is 1.95 bits per heavy atom. The average Bonchev–Trinajstić information content (AvgIpc) is 2.79. The van der Waals surface area contributed by atoms with Crippen molar-refractivity contribution >= 4 is 22.9 Å². The first-order valence-electron chi connectivity index (χ1n) is 6.19. The number of methoxy groups -OCH3 is 2. The molecule has 0 aliphatic carbocycles. The molecular weight excluding hydrogens is 296 g/mol. The zero-order valence-electron chi connectivity index (χ0n) is 11.6. The smallest absolute Gasteiger partial charge is 0.160 e. The van der Waals surface area contributed by atoms with Crippen LogP contribution in [0.25, 0.3) is 0 Å². The van der Waals surface area contributed by atoms with Gasteiger partial charge in [-0.3, -0.25) is 0 Å². The Balaban J connectivity index is 2.19. The maximum absolute atomic E-state index is 10.3. The lowest BCUT2D eigenvalue weighted by Gasteiger charge is -2.12. The second kappa shape index (κ2) is 6.48. The van der Waals surface area contributed by atoms with Gasteiger partial charge >= 0.3 is 0 Å². The fourth-order valence-corrected chi connectivity index (χ4v) is 3.30. The summed E-state index contributed by atoms with van der Waals surface area (Å²) in [6, 6.07) is 5.62. The van der Waals surface area contributed by atoms with E-state index in [0.717, 1.165) is 16.0 Å². The molecule has 1 aromatic carbocycles. The number of aliphatic hydroxyl groups is 1.